The van der Waals surface area contributed by atoms with Crippen molar-refractivity contribution in [3.8, 4) is 28.8 Å². The number of nitrogens with one attached hydrogen (secondary N) is 1. The lowest BCUT2D eigenvalue weighted by molar-refractivity contribution is -0.869. The summed E-state index contributed by atoms with van der Waals surface area (Å²) in [5.41, 5.74) is -0.627. The molecule has 0 aliphatic carbocycles. The number of hydrogen-bond donors (Lipinski definition) is 1. The van der Waals surface area contributed by atoms with Crippen molar-refractivity contribution in [3.63, 3.8) is 0 Å². The number of carbonyl (C=O) groups is 2. The third-order valence-corrected chi connectivity index (χ3v) is 7.90. The monoisotopic (exact) mass is 701 g/mol. The zero-order chi connectivity index (χ0) is 37.5. The number of imidazole rings is 1. The number of alkyl halides is 3. The van der Waals surface area contributed by atoms with Crippen LogP contribution in [0.3, 0.4) is 0 Å². The van der Waals surface area contributed by atoms with E-state index >= 15 is 0 Å². The maximum atomic E-state index is 14.0. The van der Waals surface area contributed by atoms with E-state index in [-0.39, 0.29) is 28.7 Å². The van der Waals surface area contributed by atoms with Gasteiger partial charge in [-0.3, -0.25) is 9.36 Å². The van der Waals surface area contributed by atoms with E-state index in [0.717, 1.165) is 21.3 Å². The van der Waals surface area contributed by atoms with E-state index in [2.05, 4.69) is 10.4 Å². The maximum absolute atomic E-state index is 14.0. The number of rotatable bonds is 8. The highest BCUT2D eigenvalue weighted by Gasteiger charge is 2.32. The second-order valence-corrected chi connectivity index (χ2v) is 12.8. The van der Waals surface area contributed by atoms with E-state index in [0.29, 0.717) is 28.8 Å². The van der Waals surface area contributed by atoms with Crippen molar-refractivity contribution in [1.82, 2.24) is 29.1 Å². The summed E-state index contributed by atoms with van der Waals surface area (Å²) < 4.78 is 44.6. The molecule has 266 valence electrons. The minimum absolute atomic E-state index is 0.0507. The third kappa shape index (κ3) is 9.20. The summed E-state index contributed by atoms with van der Waals surface area (Å²) in [6, 6.07) is 24.2. The first-order chi connectivity index (χ1) is 24.0. The van der Waals surface area contributed by atoms with Gasteiger partial charge in [-0.2, -0.15) is 23.5 Å². The molecule has 0 aliphatic heterocycles. The Morgan fingerprint density at radius 3 is 2.12 bits per heavy atom. The molecule has 2 aromatic heterocycles. The average Bonchev–Trinajstić information content (AvgIpc) is 3.68. The molecular weight excluding hydrogens is 661 g/mol. The Kier molecular flexibility index (Phi) is 11.7. The van der Waals surface area contributed by atoms with Gasteiger partial charge in [0.2, 0.25) is 5.91 Å². The van der Waals surface area contributed by atoms with Crippen LogP contribution in [0.15, 0.2) is 102 Å². The maximum Gasteiger partial charge on any atom is 0.416 e. The Balaban J connectivity index is 0.000000878. The molecule has 5 rings (SSSR count). The number of nitrogens with zero attached hydrogens (tertiary/aromatic N) is 7. The molecule has 11 nitrogen and oxygen atoms in total. The zero-order valence-electron chi connectivity index (χ0n) is 29.2. The third-order valence-electron chi connectivity index (χ3n) is 7.90. The minimum atomic E-state index is -4.67. The van der Waals surface area contributed by atoms with Gasteiger partial charge in [-0.25, -0.2) is 18.8 Å². The van der Waals surface area contributed by atoms with Crippen LogP contribution in [0.4, 0.5) is 18.0 Å². The van der Waals surface area contributed by atoms with Crippen molar-refractivity contribution in [2.45, 2.75) is 26.1 Å². The van der Waals surface area contributed by atoms with Crippen LogP contribution in [0.25, 0.3) is 22.8 Å². The van der Waals surface area contributed by atoms with Crippen molar-refractivity contribution < 1.29 is 27.2 Å². The van der Waals surface area contributed by atoms with Crippen LogP contribution < -0.4 is 11.0 Å². The van der Waals surface area contributed by atoms with E-state index in [1.54, 1.807) is 37.4 Å². The molecule has 0 aliphatic rings. The summed E-state index contributed by atoms with van der Waals surface area (Å²) in [7, 11) is 7.56. The summed E-state index contributed by atoms with van der Waals surface area (Å²) in [6.45, 7) is 4.07. The molecule has 0 spiro atoms. The topological polar surface area (TPSA) is 118 Å². The van der Waals surface area contributed by atoms with Crippen molar-refractivity contribution in [1.29, 1.82) is 5.26 Å². The molecule has 0 fully saturated rings. The quantitative estimate of drug-likeness (QED) is 0.215. The highest BCUT2D eigenvalue weighted by Crippen LogP contribution is 2.32. The van der Waals surface area contributed by atoms with Crippen LogP contribution in [0.5, 0.6) is 0 Å². The van der Waals surface area contributed by atoms with Gasteiger partial charge in [-0.05, 0) is 62.4 Å². The highest BCUT2D eigenvalue weighted by atomic mass is 19.4. The SMILES string of the molecule is Cc1c(-c2ccnn2-c2ccc(C#N)cc2)n(C(=O)N[C@@H](C)C(=O)N(C)CC[N+](C)(C)C)c(=O)n1-c1cccc(C(F)(F)F)c1.c1ccccc1. The lowest BCUT2D eigenvalue weighted by Crippen LogP contribution is -2.50. The van der Waals surface area contributed by atoms with Crippen LogP contribution in [-0.4, -0.2) is 87.6 Å². The minimum Gasteiger partial charge on any atom is -0.338 e. The van der Waals surface area contributed by atoms with Gasteiger partial charge in [-0.1, -0.05) is 42.5 Å². The fourth-order valence-corrected chi connectivity index (χ4v) is 5.17. The van der Waals surface area contributed by atoms with Crippen LogP contribution in [-0.2, 0) is 11.0 Å². The molecule has 0 saturated carbocycles. The van der Waals surface area contributed by atoms with Crippen LogP contribution in [0.2, 0.25) is 0 Å². The van der Waals surface area contributed by atoms with Gasteiger partial charge in [0.05, 0.1) is 80.4 Å². The lowest BCUT2D eigenvalue weighted by Gasteiger charge is -2.28. The second-order valence-electron chi connectivity index (χ2n) is 12.8. The average molecular weight is 702 g/mol. The molecule has 2 heterocycles. The summed E-state index contributed by atoms with van der Waals surface area (Å²) in [6.07, 6.45) is -3.23. The van der Waals surface area contributed by atoms with Crippen molar-refractivity contribution in [3.05, 3.63) is 124 Å². The smallest absolute Gasteiger partial charge is 0.338 e. The summed E-state index contributed by atoms with van der Waals surface area (Å²) >= 11 is 0. The molecule has 0 unspecified atom stereocenters. The van der Waals surface area contributed by atoms with Gasteiger partial charge in [-0.15, -0.1) is 0 Å². The molecule has 2 amide bonds. The molecule has 0 bridgehead atoms. The number of aromatic nitrogens is 4. The molecule has 5 aromatic rings. The number of carbonyl (C=O) groups excluding carboxylic acids is 2. The van der Waals surface area contributed by atoms with Crippen molar-refractivity contribution in [2.75, 3.05) is 41.3 Å². The van der Waals surface area contributed by atoms with Gasteiger partial charge in [0.1, 0.15) is 11.7 Å². The Bertz CT molecular complexity index is 2040. The second kappa shape index (κ2) is 15.7. The number of likely N-dealkylation sites (N-methyl/N-ethyl adjacent to an activating group) is 2. The standard InChI is InChI=1S/C31H33F3N8O3.C6H6/c1-20(28(43)38(3)16-17-42(4,5)6)37-29(44)40-27(26-14-15-36-41(26)24-12-10-22(19-35)11-13-24)21(2)39(30(40)45)25-9-7-8-23(18-25)31(32,33)34;1-2-4-6-5-3-1/h7-15,18,20H,16-17H2,1-6H3;1-6H/p+1/t20-;/m0./s1. The molecule has 3 aromatic carbocycles. The van der Waals surface area contributed by atoms with E-state index < -0.39 is 29.5 Å². The fourth-order valence-electron chi connectivity index (χ4n) is 5.17. The number of quaternary nitrogens is 1. The number of halogens is 3. The van der Waals surface area contributed by atoms with Crippen molar-refractivity contribution >= 4 is 11.9 Å². The van der Waals surface area contributed by atoms with Crippen LogP contribution in [0, 0.1) is 18.3 Å². The number of amides is 2. The summed E-state index contributed by atoms with van der Waals surface area (Å²) in [5, 5.41) is 16.1. The van der Waals surface area contributed by atoms with Gasteiger partial charge in [0.15, 0.2) is 0 Å². The van der Waals surface area contributed by atoms with Crippen LogP contribution in [0.1, 0.15) is 23.7 Å². The number of nitriles is 1. The van der Waals surface area contributed by atoms with Gasteiger partial charge >= 0.3 is 17.9 Å². The van der Waals surface area contributed by atoms with E-state index in [4.69, 9.17) is 0 Å². The van der Waals surface area contributed by atoms with E-state index in [9.17, 15) is 32.8 Å². The van der Waals surface area contributed by atoms with E-state index in [1.807, 2.05) is 63.6 Å². The van der Waals surface area contributed by atoms with Gasteiger partial charge in [0.25, 0.3) is 0 Å². The molecule has 0 saturated heterocycles. The predicted octanol–water partition coefficient (Wildman–Crippen LogP) is 5.49. The number of hydrogen-bond acceptors (Lipinski definition) is 5. The normalized spacial score (nSPS) is 11.9. The summed E-state index contributed by atoms with van der Waals surface area (Å²) in [5.74, 6) is -0.386. The van der Waals surface area contributed by atoms with E-state index in [1.165, 1.54) is 41.8 Å². The predicted molar refractivity (Wildman–Crippen MR) is 187 cm³/mol. The Hall–Kier alpha value is -5.94. The lowest BCUT2D eigenvalue weighted by atomic mass is 10.2. The highest BCUT2D eigenvalue weighted by molar-refractivity contribution is 5.89. The molecule has 0 radical (unpaired) electrons. The Morgan fingerprint density at radius 1 is 0.961 bits per heavy atom. The fraction of sp³-hybridized carbons (Fsp3) is 0.270. The zero-order valence-corrected chi connectivity index (χ0v) is 29.2. The molecule has 14 heteroatoms. The number of benzene rings is 3. The first-order valence-electron chi connectivity index (χ1n) is 16.0. The molecule has 1 atom stereocenters. The Morgan fingerprint density at radius 2 is 1.57 bits per heavy atom. The largest absolute Gasteiger partial charge is 0.416 e. The summed E-state index contributed by atoms with van der Waals surface area (Å²) in [4.78, 5) is 42.4. The van der Waals surface area contributed by atoms with Gasteiger partial charge in [0, 0.05) is 7.05 Å². The first kappa shape index (κ1) is 37.9. The van der Waals surface area contributed by atoms with Crippen LogP contribution >= 0.6 is 0 Å². The van der Waals surface area contributed by atoms with Gasteiger partial charge < -0.3 is 14.7 Å². The molecular formula is C37H40F3N8O3+. The Labute approximate surface area is 294 Å². The molecule has 1 N–H and O–H groups in total. The van der Waals surface area contributed by atoms with Crippen molar-refractivity contribution in [2.24, 2.45) is 0 Å². The molecule has 51 heavy (non-hydrogen) atoms. The first-order valence-corrected chi connectivity index (χ1v) is 16.0.